The van der Waals surface area contributed by atoms with Gasteiger partial charge in [0.1, 0.15) is 25.1 Å². The molecule has 0 spiro atoms. The summed E-state index contributed by atoms with van der Waals surface area (Å²) >= 11 is 0. The van der Waals surface area contributed by atoms with Crippen LogP contribution in [0.15, 0.2) is 140 Å². The van der Waals surface area contributed by atoms with E-state index in [9.17, 15) is 0 Å². The minimum absolute atomic E-state index is 0.271. The molecule has 35 heavy (non-hydrogen) atoms. The van der Waals surface area contributed by atoms with Crippen LogP contribution in [0.5, 0.6) is 0 Å². The quantitative estimate of drug-likeness (QED) is 0.307. The lowest BCUT2D eigenvalue weighted by Gasteiger charge is -2.44. The van der Waals surface area contributed by atoms with Crippen LogP contribution in [0, 0.1) is 0 Å². The zero-order chi connectivity index (χ0) is 24.5. The molecule has 0 saturated heterocycles. The van der Waals surface area contributed by atoms with Gasteiger partial charge in [-0.3, -0.25) is 0 Å². The van der Waals surface area contributed by atoms with Gasteiger partial charge in [-0.05, 0) is 6.92 Å². The number of aryl methyl sites for hydroxylation is 1. The van der Waals surface area contributed by atoms with Crippen LogP contribution in [0.25, 0.3) is 0 Å². The Bertz CT molecular complexity index is 1120. The van der Waals surface area contributed by atoms with E-state index in [1.54, 1.807) is 6.92 Å². The Labute approximate surface area is 208 Å². The second-order valence-electron chi connectivity index (χ2n) is 9.13. The minimum Gasteiger partial charge on any atom is -0.389 e. The van der Waals surface area contributed by atoms with Gasteiger partial charge >= 0.3 is 0 Å². The summed E-state index contributed by atoms with van der Waals surface area (Å²) in [4.78, 5) is 0. The molecule has 5 aromatic rings. The molecule has 1 N–H and O–H groups in total. The van der Waals surface area contributed by atoms with Gasteiger partial charge in [0.15, 0.2) is 0 Å². The van der Waals surface area contributed by atoms with Gasteiger partial charge in [0.2, 0.25) is 6.33 Å². The average molecular weight is 460 g/mol. The molecule has 1 aromatic heterocycles. The minimum atomic E-state index is -1.22. The molecular formula is C31H33BN2O. The van der Waals surface area contributed by atoms with Crippen molar-refractivity contribution in [3.8, 4) is 0 Å². The Morgan fingerprint density at radius 1 is 0.657 bits per heavy atom. The number of aliphatic hydroxyl groups is 1. The molecule has 176 valence electrons. The van der Waals surface area contributed by atoms with Crippen molar-refractivity contribution in [1.82, 2.24) is 4.57 Å². The molecule has 0 aliphatic heterocycles. The largest absolute Gasteiger partial charge is 0.389 e. The summed E-state index contributed by atoms with van der Waals surface area (Å²) in [5.74, 6) is 0. The van der Waals surface area contributed by atoms with Gasteiger partial charge in [-0.1, -0.05) is 121 Å². The number of benzene rings is 4. The molecule has 0 radical (unpaired) electrons. The molecule has 4 aromatic carbocycles. The van der Waals surface area contributed by atoms with Crippen LogP contribution in [-0.4, -0.2) is 21.9 Å². The number of rotatable bonds is 6. The molecule has 0 aliphatic carbocycles. The summed E-state index contributed by atoms with van der Waals surface area (Å²) in [6, 6.07) is 43.5. The summed E-state index contributed by atoms with van der Waals surface area (Å²) in [5.41, 5.74) is 5.36. The molecule has 1 unspecified atom stereocenters. The number of aliphatic hydroxyl groups excluding tert-OH is 1. The van der Waals surface area contributed by atoms with Gasteiger partial charge in [0.25, 0.3) is 0 Å². The Morgan fingerprint density at radius 2 is 1.00 bits per heavy atom. The molecule has 4 heteroatoms. The van der Waals surface area contributed by atoms with Crippen LogP contribution < -0.4 is 26.4 Å². The average Bonchev–Trinajstić information content (AvgIpc) is 3.31. The Hall–Kier alpha value is -3.89. The Balaban J connectivity index is 0.000000243. The molecule has 0 bridgehead atoms. The van der Waals surface area contributed by atoms with E-state index in [1.807, 2.05) is 34.9 Å². The topological polar surface area (TPSA) is 29.0 Å². The normalized spacial score (nSPS) is 11.9. The van der Waals surface area contributed by atoms with Gasteiger partial charge < -0.3 is 5.11 Å². The first kappa shape index (κ1) is 24.2. The smallest absolute Gasteiger partial charge is 0.243 e. The summed E-state index contributed by atoms with van der Waals surface area (Å²) < 4.78 is 3.90. The molecule has 3 nitrogen and oxygen atoms in total. The van der Waals surface area contributed by atoms with E-state index < -0.39 is 6.15 Å². The van der Waals surface area contributed by atoms with Gasteiger partial charge in [-0.2, -0.15) is 21.9 Å². The van der Waals surface area contributed by atoms with Gasteiger partial charge in [-0.15, -0.1) is 0 Å². The zero-order valence-corrected chi connectivity index (χ0v) is 20.5. The maximum Gasteiger partial charge on any atom is 0.243 e. The number of aromatic nitrogens is 2. The molecule has 0 saturated carbocycles. The van der Waals surface area contributed by atoms with E-state index in [1.165, 1.54) is 21.9 Å². The molecule has 0 amide bonds. The molecule has 0 fully saturated rings. The highest BCUT2D eigenvalue weighted by molar-refractivity contribution is 7.19. The Kier molecular flexibility index (Phi) is 7.97. The van der Waals surface area contributed by atoms with E-state index in [4.69, 9.17) is 5.11 Å². The third-order valence-electron chi connectivity index (χ3n) is 6.50. The van der Waals surface area contributed by atoms with Gasteiger partial charge in [-0.25, -0.2) is 9.13 Å². The SMILES string of the molecule is CC(O)Cn1cc[n+](C)c1.c1ccc([B-](c2ccccc2)(c2ccccc2)c2ccccc2)cc1. The number of hydrogen-bond acceptors (Lipinski definition) is 1. The van der Waals surface area contributed by atoms with Crippen molar-refractivity contribution < 1.29 is 9.67 Å². The van der Waals surface area contributed by atoms with Crippen LogP contribution in [0.2, 0.25) is 0 Å². The fourth-order valence-corrected chi connectivity index (χ4v) is 5.04. The monoisotopic (exact) mass is 460 g/mol. The second-order valence-corrected chi connectivity index (χ2v) is 9.13. The molecule has 5 rings (SSSR count). The summed E-state index contributed by atoms with van der Waals surface area (Å²) in [5, 5.41) is 8.98. The third kappa shape index (κ3) is 5.61. The van der Waals surface area contributed by atoms with Crippen molar-refractivity contribution in [2.45, 2.75) is 19.6 Å². The second kappa shape index (κ2) is 11.5. The van der Waals surface area contributed by atoms with Crippen molar-refractivity contribution in [3.05, 3.63) is 140 Å². The van der Waals surface area contributed by atoms with E-state index in [0.29, 0.717) is 6.54 Å². The highest BCUT2D eigenvalue weighted by atomic mass is 16.3. The van der Waals surface area contributed by atoms with E-state index >= 15 is 0 Å². The standard InChI is InChI=1S/C24H20B.C7H13N2O/c1-5-13-21(14-6-1)25(22-15-7-2-8-16-22,23-17-9-3-10-18-23)24-19-11-4-12-20-24;1-7(10)5-9-4-3-8(2)6-9/h1-20H;3-4,6-7,10H,5H2,1-2H3/q-1;+1. The maximum atomic E-state index is 8.98. The van der Waals surface area contributed by atoms with Crippen molar-refractivity contribution in [1.29, 1.82) is 0 Å². The van der Waals surface area contributed by atoms with Crippen molar-refractivity contribution in [2.24, 2.45) is 7.05 Å². The molecule has 1 heterocycles. The molecule has 1 atom stereocenters. The van der Waals surface area contributed by atoms with Crippen molar-refractivity contribution in [3.63, 3.8) is 0 Å². The predicted octanol–water partition coefficient (Wildman–Crippen LogP) is 2.76. The summed E-state index contributed by atoms with van der Waals surface area (Å²) in [6.45, 7) is 2.45. The highest BCUT2D eigenvalue weighted by Crippen LogP contribution is 2.09. The lowest BCUT2D eigenvalue weighted by atomic mass is 9.13. The van der Waals surface area contributed by atoms with Gasteiger partial charge in [0, 0.05) is 0 Å². The first-order chi connectivity index (χ1) is 17.1. The molecular weight excluding hydrogens is 427 g/mol. The van der Waals surface area contributed by atoms with Crippen molar-refractivity contribution in [2.75, 3.05) is 0 Å². The van der Waals surface area contributed by atoms with E-state index in [0.717, 1.165) is 0 Å². The van der Waals surface area contributed by atoms with Crippen LogP contribution in [0.3, 0.4) is 0 Å². The Morgan fingerprint density at radius 3 is 1.26 bits per heavy atom. The van der Waals surface area contributed by atoms with Crippen LogP contribution in [0.1, 0.15) is 6.92 Å². The number of imidazole rings is 1. The number of hydrogen-bond donors (Lipinski definition) is 1. The van der Waals surface area contributed by atoms with Crippen LogP contribution >= 0.6 is 0 Å². The van der Waals surface area contributed by atoms with Crippen LogP contribution in [-0.2, 0) is 13.6 Å². The van der Waals surface area contributed by atoms with E-state index in [-0.39, 0.29) is 6.10 Å². The predicted molar refractivity (Wildman–Crippen MR) is 147 cm³/mol. The number of nitrogens with zero attached hydrogens (tertiary/aromatic N) is 2. The summed E-state index contributed by atoms with van der Waals surface area (Å²) in [6.07, 6.45) is 4.33. The molecule has 0 aliphatic rings. The highest BCUT2D eigenvalue weighted by Gasteiger charge is 2.30. The lowest BCUT2D eigenvalue weighted by Crippen LogP contribution is -2.74. The first-order valence-corrected chi connectivity index (χ1v) is 12.2. The van der Waals surface area contributed by atoms with Gasteiger partial charge in [0.05, 0.1) is 13.2 Å². The summed E-state index contributed by atoms with van der Waals surface area (Å²) in [7, 11) is 1.96. The van der Waals surface area contributed by atoms with Crippen molar-refractivity contribution >= 4 is 28.0 Å². The van der Waals surface area contributed by atoms with E-state index in [2.05, 4.69) is 121 Å². The maximum absolute atomic E-state index is 8.98. The first-order valence-electron chi connectivity index (χ1n) is 12.2. The zero-order valence-electron chi connectivity index (χ0n) is 20.5. The third-order valence-corrected chi connectivity index (χ3v) is 6.50. The fourth-order valence-electron chi connectivity index (χ4n) is 5.04. The lowest BCUT2D eigenvalue weighted by molar-refractivity contribution is -0.671. The fraction of sp³-hybridized carbons (Fsp3) is 0.129. The van der Waals surface area contributed by atoms with Crippen LogP contribution in [0.4, 0.5) is 0 Å².